The minimum Gasteiger partial charge on any atom is -0.454 e. The lowest BCUT2D eigenvalue weighted by Crippen LogP contribution is -2.12. The Bertz CT molecular complexity index is 5290. The van der Waals surface area contributed by atoms with Crippen molar-refractivity contribution in [3.8, 4) is 11.1 Å². The fraction of sp³-hybridized carbons (Fsp3) is 0. The van der Waals surface area contributed by atoms with E-state index in [1.165, 1.54) is 32.7 Å². The van der Waals surface area contributed by atoms with E-state index in [4.69, 9.17) is 8.83 Å². The summed E-state index contributed by atoms with van der Waals surface area (Å²) < 4.78 is 14.5. The van der Waals surface area contributed by atoms with Crippen LogP contribution in [0.3, 0.4) is 0 Å². The normalized spacial score (nSPS) is 12.0. The zero-order chi connectivity index (χ0) is 55.0. The van der Waals surface area contributed by atoms with Gasteiger partial charge in [0.2, 0.25) is 0 Å². The zero-order valence-electron chi connectivity index (χ0n) is 45.4. The van der Waals surface area contributed by atoms with Gasteiger partial charge in [0, 0.05) is 54.5 Å². The molecule has 0 fully saturated rings. The first-order valence-corrected chi connectivity index (χ1v) is 28.8. The highest BCUT2D eigenvalue weighted by molar-refractivity contribution is 6.35. The van der Waals surface area contributed by atoms with Gasteiger partial charge in [-0.1, -0.05) is 243 Å². The number of para-hydroxylation sites is 2. The molecule has 2 aromatic heterocycles. The van der Waals surface area contributed by atoms with Crippen LogP contribution in [0.15, 0.2) is 300 Å². The van der Waals surface area contributed by atoms with Crippen molar-refractivity contribution in [2.75, 3.05) is 9.80 Å². The molecule has 18 rings (SSSR count). The summed E-state index contributed by atoms with van der Waals surface area (Å²) in [6.07, 6.45) is 0. The zero-order valence-corrected chi connectivity index (χ0v) is 45.4. The van der Waals surface area contributed by atoms with Gasteiger partial charge in [-0.25, -0.2) is 0 Å². The maximum atomic E-state index is 7.26. The fourth-order valence-corrected chi connectivity index (χ4v) is 14.2. The van der Waals surface area contributed by atoms with Gasteiger partial charge in [-0.2, -0.15) is 0 Å². The summed E-state index contributed by atoms with van der Waals surface area (Å²) in [6, 6.07) is 106. The largest absolute Gasteiger partial charge is 0.454 e. The summed E-state index contributed by atoms with van der Waals surface area (Å²) in [5.74, 6) is 0. The molecule has 0 unspecified atom stereocenters. The molecule has 0 radical (unpaired) electrons. The van der Waals surface area contributed by atoms with Gasteiger partial charge in [0.1, 0.15) is 11.2 Å². The molecule has 0 spiro atoms. The Kier molecular flexibility index (Phi) is 10.1. The van der Waals surface area contributed by atoms with E-state index in [0.29, 0.717) is 0 Å². The van der Waals surface area contributed by atoms with Gasteiger partial charge in [-0.3, -0.25) is 0 Å². The van der Waals surface area contributed by atoms with Crippen LogP contribution in [0, 0.1) is 0 Å². The van der Waals surface area contributed by atoms with Gasteiger partial charge in [0.05, 0.1) is 22.7 Å². The maximum Gasteiger partial charge on any atom is 0.160 e. The standard InChI is InChI=1S/C80H48N2O2/c1-3-27-53(28-4-1)81(67-47-51-25-9-13-33-57(51)75-73-55-31-11-7-23-49(55)43-45-69(73)83-79(67)75)77-63-39-19-15-35-59(63)71(60-36-16-20-40-64(60)77)72-61-37-17-21-41-65(61)78(66-42-22-18-38-62(66)72)82(54-29-5-2-6-30-54)68-48-52-26-10-14-34-58(52)76-74-56-32-12-8-24-50(56)44-46-70(74)84-80(68)76/h1-48H. The van der Waals surface area contributed by atoms with Crippen LogP contribution in [0.2, 0.25) is 0 Å². The number of benzene rings is 16. The number of nitrogens with zero attached hydrogens (tertiary/aromatic N) is 2. The van der Waals surface area contributed by atoms with E-state index in [2.05, 4.69) is 301 Å². The highest BCUT2D eigenvalue weighted by atomic mass is 16.3. The Labute approximate surface area is 482 Å². The molecule has 4 heteroatoms. The van der Waals surface area contributed by atoms with E-state index in [9.17, 15) is 0 Å². The molecule has 84 heavy (non-hydrogen) atoms. The Morgan fingerprint density at radius 1 is 0.214 bits per heavy atom. The number of anilines is 6. The molecule has 0 atom stereocenters. The smallest absolute Gasteiger partial charge is 0.160 e. The highest BCUT2D eigenvalue weighted by Crippen LogP contribution is 2.56. The summed E-state index contributed by atoms with van der Waals surface area (Å²) in [5, 5.41) is 22.9. The predicted octanol–water partition coefficient (Wildman–Crippen LogP) is 23.3. The van der Waals surface area contributed by atoms with Gasteiger partial charge in [-0.15, -0.1) is 0 Å². The number of hydrogen-bond donors (Lipinski definition) is 0. The second-order valence-electron chi connectivity index (χ2n) is 22.1. The lowest BCUT2D eigenvalue weighted by molar-refractivity contribution is 0.669. The molecule has 0 saturated heterocycles. The van der Waals surface area contributed by atoms with E-state index in [0.717, 1.165) is 143 Å². The van der Waals surface area contributed by atoms with Crippen molar-refractivity contribution in [3.63, 3.8) is 0 Å². The third kappa shape index (κ3) is 6.71. The molecule has 2 heterocycles. The van der Waals surface area contributed by atoms with Crippen LogP contribution in [-0.2, 0) is 0 Å². The first-order valence-electron chi connectivity index (χ1n) is 28.8. The van der Waals surface area contributed by atoms with Crippen molar-refractivity contribution in [1.82, 2.24) is 0 Å². The van der Waals surface area contributed by atoms with Crippen molar-refractivity contribution in [3.05, 3.63) is 291 Å². The second kappa shape index (κ2) is 18.2. The molecule has 4 nitrogen and oxygen atoms in total. The SMILES string of the molecule is c1ccc(N(c2c3ccccc3c(-c3c4ccccc4c(N(c4ccccc4)c4cc5ccccc5c5c4oc4ccc6ccccc6c45)c4ccccc34)c3ccccc23)c2cc3ccccc3c3c2oc2ccc4ccccc4c23)cc1. The predicted molar refractivity (Wildman–Crippen MR) is 356 cm³/mol. The number of hydrogen-bond acceptors (Lipinski definition) is 4. The van der Waals surface area contributed by atoms with Crippen LogP contribution >= 0.6 is 0 Å². The molecule has 0 N–H and O–H groups in total. The Morgan fingerprint density at radius 3 is 0.833 bits per heavy atom. The molecule has 0 saturated carbocycles. The molecule has 0 aliphatic carbocycles. The molecular weight excluding hydrogens is 1020 g/mol. The summed E-state index contributed by atoms with van der Waals surface area (Å²) in [7, 11) is 0. The molecule has 16 aromatic carbocycles. The first kappa shape index (κ1) is 46.5. The summed E-state index contributed by atoms with van der Waals surface area (Å²) >= 11 is 0. The van der Waals surface area contributed by atoms with Crippen LogP contribution in [0.5, 0.6) is 0 Å². The van der Waals surface area contributed by atoms with Crippen molar-refractivity contribution in [2.45, 2.75) is 0 Å². The summed E-state index contributed by atoms with van der Waals surface area (Å²) in [6.45, 7) is 0. The summed E-state index contributed by atoms with van der Waals surface area (Å²) in [5.41, 5.74) is 11.9. The van der Waals surface area contributed by atoms with E-state index in [1.54, 1.807) is 0 Å². The van der Waals surface area contributed by atoms with Crippen molar-refractivity contribution in [2.24, 2.45) is 0 Å². The van der Waals surface area contributed by atoms with Crippen LogP contribution in [-0.4, -0.2) is 0 Å². The molecule has 18 aromatic rings. The van der Waals surface area contributed by atoms with E-state index in [1.807, 2.05) is 0 Å². The topological polar surface area (TPSA) is 32.8 Å². The van der Waals surface area contributed by atoms with Crippen LogP contribution < -0.4 is 9.80 Å². The van der Waals surface area contributed by atoms with E-state index < -0.39 is 0 Å². The highest BCUT2D eigenvalue weighted by Gasteiger charge is 2.31. The molecule has 0 amide bonds. The summed E-state index contributed by atoms with van der Waals surface area (Å²) in [4.78, 5) is 4.94. The number of furan rings is 2. The van der Waals surface area contributed by atoms with Crippen LogP contribution in [0.25, 0.3) is 141 Å². The maximum absolute atomic E-state index is 7.26. The van der Waals surface area contributed by atoms with Crippen molar-refractivity contribution >= 4 is 164 Å². The van der Waals surface area contributed by atoms with Crippen LogP contribution in [0.4, 0.5) is 34.1 Å². The Hall–Kier alpha value is -11.2. The first-order chi connectivity index (χ1) is 41.7. The Morgan fingerprint density at radius 2 is 0.488 bits per heavy atom. The van der Waals surface area contributed by atoms with Crippen LogP contribution in [0.1, 0.15) is 0 Å². The monoisotopic (exact) mass is 1070 g/mol. The average molecular weight is 1070 g/mol. The molecular formula is C80H48N2O2. The van der Waals surface area contributed by atoms with Gasteiger partial charge in [0.15, 0.2) is 11.2 Å². The number of fused-ring (bicyclic) bond motifs is 18. The molecule has 0 bridgehead atoms. The van der Waals surface area contributed by atoms with Gasteiger partial charge >= 0.3 is 0 Å². The second-order valence-corrected chi connectivity index (χ2v) is 22.1. The minimum absolute atomic E-state index is 0.844. The lowest BCUT2D eigenvalue weighted by Gasteiger charge is -2.31. The molecule has 0 aliphatic heterocycles. The minimum atomic E-state index is 0.844. The molecule has 390 valence electrons. The van der Waals surface area contributed by atoms with Crippen molar-refractivity contribution < 1.29 is 8.83 Å². The fourth-order valence-electron chi connectivity index (χ4n) is 14.2. The average Bonchev–Trinajstić information content (AvgIpc) is 1.34. The third-order valence-electron chi connectivity index (χ3n) is 17.7. The van der Waals surface area contributed by atoms with Gasteiger partial charge in [-0.05, 0) is 124 Å². The molecule has 0 aliphatic rings. The van der Waals surface area contributed by atoms with Crippen molar-refractivity contribution in [1.29, 1.82) is 0 Å². The van der Waals surface area contributed by atoms with Gasteiger partial charge < -0.3 is 18.6 Å². The van der Waals surface area contributed by atoms with E-state index in [-0.39, 0.29) is 0 Å². The van der Waals surface area contributed by atoms with E-state index >= 15 is 0 Å². The quantitative estimate of drug-likeness (QED) is 0.149. The lowest BCUT2D eigenvalue weighted by atomic mass is 9.84. The number of rotatable bonds is 7. The Balaban J connectivity index is 0.949. The van der Waals surface area contributed by atoms with Gasteiger partial charge in [0.25, 0.3) is 0 Å². The third-order valence-corrected chi connectivity index (χ3v) is 17.7.